The maximum absolute atomic E-state index is 13.7. The molecule has 5 aromatic carbocycles. The molecule has 144 heavy (non-hydrogen) atoms. The van der Waals surface area contributed by atoms with E-state index in [2.05, 4.69) is 88.5 Å². The van der Waals surface area contributed by atoms with Crippen LogP contribution in [0.2, 0.25) is 0 Å². The Hall–Kier alpha value is -13.3. The summed E-state index contributed by atoms with van der Waals surface area (Å²) >= 11 is 0. The third-order valence-electron chi connectivity index (χ3n) is 29.5. The van der Waals surface area contributed by atoms with Gasteiger partial charge in [0, 0.05) is 166 Å². The fraction of sp³-hybridized carbons (Fsp3) is 0.398. The lowest BCUT2D eigenvalue weighted by atomic mass is 9.99. The van der Waals surface area contributed by atoms with Crippen molar-refractivity contribution >= 4 is 67.0 Å². The van der Waals surface area contributed by atoms with Crippen LogP contribution < -0.4 is 34.3 Å². The molecule has 0 spiro atoms. The average Bonchev–Trinajstić information content (AvgIpc) is 1.62. The zero-order chi connectivity index (χ0) is 101. The molecule has 0 saturated heterocycles. The Morgan fingerprint density at radius 1 is 0.410 bits per heavy atom. The Labute approximate surface area is 829 Å². The normalized spacial score (nSPS) is 25.9. The summed E-state index contributed by atoms with van der Waals surface area (Å²) in [6.45, 7) is 14.6. The van der Waals surface area contributed by atoms with Gasteiger partial charge in [0.25, 0.3) is 11.8 Å². The highest BCUT2D eigenvalue weighted by atomic mass is 19.1. The van der Waals surface area contributed by atoms with Crippen molar-refractivity contribution in [1.82, 2.24) is 83.1 Å². The summed E-state index contributed by atoms with van der Waals surface area (Å²) in [6.07, 6.45) is 8.45. The monoisotopic (exact) mass is 1970 g/mol. The van der Waals surface area contributed by atoms with Gasteiger partial charge in [0.1, 0.15) is 173 Å². The van der Waals surface area contributed by atoms with E-state index >= 15 is 0 Å². The van der Waals surface area contributed by atoms with Crippen molar-refractivity contribution in [2.75, 3.05) is 48.3 Å². The highest BCUT2D eigenvalue weighted by molar-refractivity contribution is 5.99. The number of aliphatic hydroxyl groups excluding tert-OH is 10. The second-order valence-electron chi connectivity index (χ2n) is 39.3. The Morgan fingerprint density at radius 2 is 0.778 bits per heavy atom. The number of pyridine rings is 3. The molecule has 13 heterocycles. The maximum Gasteiger partial charge on any atom is 0.255 e. The second-order valence-corrected chi connectivity index (χ2v) is 39.3. The minimum Gasteiger partial charge on any atom is -0.487 e. The van der Waals surface area contributed by atoms with Gasteiger partial charge in [-0.3, -0.25) is 14.5 Å². The number of hydrogen-bond donors (Lipinski definition) is 12. The summed E-state index contributed by atoms with van der Waals surface area (Å²) in [4.78, 5) is 61.3. The number of carbonyl (C=O) groups excluding carboxylic acids is 2. The first kappa shape index (κ1) is 99.4. The second kappa shape index (κ2) is 41.8. The van der Waals surface area contributed by atoms with Gasteiger partial charge in [-0.05, 0) is 218 Å². The molecule has 0 unspecified atom stereocenters. The number of likely N-dealkylation sites (N-methyl/N-ethyl adjacent to an activating group) is 1. The summed E-state index contributed by atoms with van der Waals surface area (Å²) in [5, 5.41) is 117. The Kier molecular flexibility index (Phi) is 28.9. The molecule has 2 amide bonds. The van der Waals surface area contributed by atoms with Gasteiger partial charge in [-0.25, -0.2) is 43.7 Å². The number of aryl methyl sites for hydroxylation is 5. The molecule has 34 nitrogen and oxygen atoms in total. The number of amides is 2. The van der Waals surface area contributed by atoms with Gasteiger partial charge in [0.15, 0.2) is 0 Å². The van der Waals surface area contributed by atoms with E-state index in [1.54, 1.807) is 41.5 Å². The lowest BCUT2D eigenvalue weighted by Crippen LogP contribution is -2.36. The van der Waals surface area contributed by atoms with Gasteiger partial charge in [0.2, 0.25) is 0 Å². The number of nitrogens with zero attached hydrogens (tertiary/aromatic N) is 15. The van der Waals surface area contributed by atoms with Crippen molar-refractivity contribution in [3.05, 3.63) is 286 Å². The van der Waals surface area contributed by atoms with Crippen LogP contribution in [0.25, 0.3) is 55.2 Å². The standard InChI is InChI=1S/C23H27N3O3.C22H23N3O4.C22H25N3O3.C21H25FN4O3.C20H21FN4O4/c1-14-6-9-24-23-16(14)8-11-26(23)18-12-20(22(28)21(18)27)29-19-5-3-4-15-13-25(2)10-7-17(15)19;1-12-5-8-23-21-14(12)7-10-25(21)15-11-17(20(27)19(15)26)29-16-4-2-3-13-6-9-24-22(28)18(13)16;1-13-6-8-23-22-15(13)7-9-25(22)17-10-19(21(27)20(17)26)28-18-5-3-4-14-11-24(2)12-16(14)18;1-12-15-6-7-26(21(15)24-11-23-12)16-9-18(20(28)19(16)27)29-17-5-4-14(22)8-13(17)10-25(2)3;1-10-12-5-6-25(19(12)24-9-23-10)14-8-16(18(27)17(14)26)29-15-4-3-11(21)7-13(15)20(28)22-2/h3-6,8-9,11,18,20-22,27-28H,7,10,12-13H2,1-2H3;2-5,7-8,10,15,17,19-20,26-27H,6,9,11H2,1H3,(H,24,28);3-9,17,19-21,26-27H,10-12H2,1-2H3;4-8,11,16,18-20,27-28H,9-10H2,1-3H3;3-7,9,14,16-18,26-27H,8H2,1-2H3,(H,22,28)/t18-,20+,21+,22-;15-,17+,19+,20-;17-,19+,20+,21-;16-,18+,19+,20-;14-,16+,17+,18-/m11111/s1. The number of fused-ring (bicyclic) bond motifs is 8. The largest absolute Gasteiger partial charge is 0.487 e. The maximum atomic E-state index is 13.7. The van der Waals surface area contributed by atoms with E-state index in [-0.39, 0.29) is 53.6 Å². The Bertz CT molecular complexity index is 7220. The predicted octanol–water partition coefficient (Wildman–Crippen LogP) is 10.0. The molecular formula is C108H121F2N17O17. The van der Waals surface area contributed by atoms with Crippen molar-refractivity contribution in [2.45, 2.75) is 228 Å². The topological polar surface area (TPSA) is 431 Å². The fourth-order valence-corrected chi connectivity index (χ4v) is 21.8. The quantitative estimate of drug-likeness (QED) is 0.0380. The first-order chi connectivity index (χ1) is 69.3. The molecule has 23 rings (SSSR count). The predicted molar refractivity (Wildman–Crippen MR) is 533 cm³/mol. The lowest BCUT2D eigenvalue weighted by Gasteiger charge is -2.28. The summed E-state index contributed by atoms with van der Waals surface area (Å²) in [7, 11) is 9.41. The minimum atomic E-state index is -1.19. The number of ether oxygens (including phenoxy) is 5. The zero-order valence-corrected chi connectivity index (χ0v) is 81.6. The zero-order valence-electron chi connectivity index (χ0n) is 81.6. The van der Waals surface area contributed by atoms with E-state index in [1.807, 2.05) is 175 Å². The van der Waals surface area contributed by atoms with Crippen molar-refractivity contribution < 1.29 is 93.1 Å². The fourth-order valence-electron chi connectivity index (χ4n) is 21.8. The minimum absolute atomic E-state index is 0.0208. The average molecular weight is 1970 g/mol. The molecule has 0 bridgehead atoms. The molecule has 15 aromatic rings. The van der Waals surface area contributed by atoms with E-state index in [1.165, 1.54) is 66.2 Å². The van der Waals surface area contributed by atoms with Gasteiger partial charge in [0.05, 0.1) is 52.7 Å². The number of nitrogens with one attached hydrogen (secondary N) is 2. The van der Waals surface area contributed by atoms with Crippen LogP contribution in [0.15, 0.2) is 202 Å². The summed E-state index contributed by atoms with van der Waals surface area (Å²) < 4.78 is 67.3. The third kappa shape index (κ3) is 19.7. The van der Waals surface area contributed by atoms with E-state index in [9.17, 15) is 69.4 Å². The van der Waals surface area contributed by atoms with E-state index in [4.69, 9.17) is 23.7 Å². The van der Waals surface area contributed by atoms with Crippen LogP contribution >= 0.6 is 0 Å². The van der Waals surface area contributed by atoms with Gasteiger partial charge in [-0.2, -0.15) is 0 Å². The van der Waals surface area contributed by atoms with Crippen LogP contribution in [-0.4, -0.2) is 275 Å². The van der Waals surface area contributed by atoms with Crippen molar-refractivity contribution in [2.24, 2.45) is 0 Å². The van der Waals surface area contributed by atoms with Gasteiger partial charge in [-0.15, -0.1) is 0 Å². The number of aliphatic hydroxyl groups is 10. The van der Waals surface area contributed by atoms with Crippen molar-refractivity contribution in [1.29, 1.82) is 0 Å². The molecule has 0 radical (unpaired) electrons. The molecular weight excluding hydrogens is 1850 g/mol. The highest BCUT2D eigenvalue weighted by Crippen LogP contribution is 2.46. The molecule has 5 aliphatic carbocycles. The van der Waals surface area contributed by atoms with Crippen LogP contribution in [0.5, 0.6) is 28.7 Å². The molecule has 8 aliphatic rings. The highest BCUT2D eigenvalue weighted by Gasteiger charge is 2.51. The van der Waals surface area contributed by atoms with E-state index in [0.717, 1.165) is 134 Å². The number of aromatic nitrogens is 12. The number of carbonyl (C=O) groups is 2. The van der Waals surface area contributed by atoms with Crippen LogP contribution in [-0.2, 0) is 39.0 Å². The van der Waals surface area contributed by atoms with Crippen molar-refractivity contribution in [3.63, 3.8) is 0 Å². The Balaban J connectivity index is 0.000000114. The smallest absolute Gasteiger partial charge is 0.255 e. The van der Waals surface area contributed by atoms with Crippen LogP contribution in [0.3, 0.4) is 0 Å². The summed E-state index contributed by atoms with van der Waals surface area (Å²) in [5.41, 5.74) is 16.0. The van der Waals surface area contributed by atoms with Crippen molar-refractivity contribution in [3.8, 4) is 28.7 Å². The van der Waals surface area contributed by atoms with Crippen LogP contribution in [0.1, 0.15) is 144 Å². The number of hydrogen-bond acceptors (Lipinski definition) is 27. The number of benzene rings is 5. The molecule has 5 fully saturated rings. The van der Waals surface area contributed by atoms with E-state index < -0.39 is 109 Å². The molecule has 36 heteroatoms. The third-order valence-corrected chi connectivity index (χ3v) is 29.5. The first-order valence-electron chi connectivity index (χ1n) is 48.8. The summed E-state index contributed by atoms with van der Waals surface area (Å²) in [6, 6.07) is 39.6. The number of halogens is 2. The first-order valence-corrected chi connectivity index (χ1v) is 48.8. The van der Waals surface area contributed by atoms with E-state index in [0.29, 0.717) is 72.7 Å². The van der Waals surface area contributed by atoms with Gasteiger partial charge in [-0.1, -0.05) is 36.4 Å². The van der Waals surface area contributed by atoms with Crippen LogP contribution in [0, 0.1) is 46.3 Å². The molecule has 5 saturated carbocycles. The molecule has 10 aromatic heterocycles. The van der Waals surface area contributed by atoms with Gasteiger partial charge >= 0.3 is 0 Å². The van der Waals surface area contributed by atoms with Crippen LogP contribution in [0.4, 0.5) is 8.78 Å². The summed E-state index contributed by atoms with van der Waals surface area (Å²) in [5.74, 6) is 1.15. The Morgan fingerprint density at radius 3 is 1.22 bits per heavy atom. The molecule has 754 valence electrons. The molecule has 3 aliphatic heterocycles. The molecule has 20 atom stereocenters. The lowest BCUT2D eigenvalue weighted by molar-refractivity contribution is -0.0167. The SMILES string of the molecule is CNC(=O)c1cc(F)ccc1O[C@H]1C[C@@H](n2ccc3c(C)ncnc32)[C@H](O)[C@@H]1O.Cc1ccnc2c1ccn2[C@@H]1C[C@H](Oc2cccc3c2C(=O)NCC3)[C@@H](O)[C@H]1O.Cc1ccnc2c1ccn2[C@@H]1C[C@H](Oc2cccc3c2CCN(C)C3)[C@@H](O)[C@H]1O.Cc1ccnc2c1ccn2[C@@H]1C[C@H](Oc2cccc3c2CN(C)C3)[C@@H](O)[C@H]1O.Cc1ncnc2c1ccn2[C@@H]1C[C@H](Oc2ccc(F)cc2CN(C)C)[C@@H](O)[C@H]1O. The number of rotatable bonds is 18. The molecule has 12 N–H and O–H groups in total. The van der Waals surface area contributed by atoms with Gasteiger partial charge < -0.3 is 118 Å².